The number of rotatable bonds is 8. The van der Waals surface area contributed by atoms with Gasteiger partial charge in [-0.05, 0) is 30.5 Å². The summed E-state index contributed by atoms with van der Waals surface area (Å²) in [6, 6.07) is 7.59. The number of hydrogen-bond donors (Lipinski definition) is 1. The second-order valence-corrected chi connectivity index (χ2v) is 4.54. The fourth-order valence-corrected chi connectivity index (χ4v) is 1.95. The molecular weight excluding hydrogens is 235 g/mol. The standard InChI is InChI=1S/C15H24O.K/c1-2-3-4-5-6-7-8-9-14-10-12-15(16)13-11-14;/h10-13,16H,2-9H2,1H3;. The van der Waals surface area contributed by atoms with Crippen molar-refractivity contribution in [2.45, 2.75) is 58.3 Å². The van der Waals surface area contributed by atoms with Crippen molar-refractivity contribution in [2.24, 2.45) is 0 Å². The van der Waals surface area contributed by atoms with E-state index in [1.807, 2.05) is 12.1 Å². The first-order valence-electron chi connectivity index (χ1n) is 6.61. The molecule has 0 saturated carbocycles. The molecule has 0 bridgehead atoms. The van der Waals surface area contributed by atoms with Gasteiger partial charge in [0.2, 0.25) is 0 Å². The molecule has 1 aromatic rings. The van der Waals surface area contributed by atoms with E-state index in [1.54, 1.807) is 12.1 Å². The number of hydrogen-bond acceptors (Lipinski definition) is 1. The topological polar surface area (TPSA) is 20.2 Å². The van der Waals surface area contributed by atoms with E-state index in [-0.39, 0.29) is 51.4 Å². The van der Waals surface area contributed by atoms with Crippen LogP contribution < -0.4 is 0 Å². The molecule has 1 N–H and O–H groups in total. The summed E-state index contributed by atoms with van der Waals surface area (Å²) in [5, 5.41) is 9.15. The predicted molar refractivity (Wildman–Crippen MR) is 75.6 cm³/mol. The molecule has 0 heterocycles. The minimum absolute atomic E-state index is 0. The molecule has 0 amide bonds. The van der Waals surface area contributed by atoms with E-state index in [4.69, 9.17) is 5.11 Å². The van der Waals surface area contributed by atoms with Gasteiger partial charge in [-0.1, -0.05) is 57.6 Å². The SMILES string of the molecule is CCCCCCCCCc1ccc(O)cc1.[K]. The van der Waals surface area contributed by atoms with Crippen molar-refractivity contribution in [3.8, 4) is 5.75 Å². The summed E-state index contributed by atoms with van der Waals surface area (Å²) >= 11 is 0. The molecular formula is C15H24KO. The maximum atomic E-state index is 9.15. The Kier molecular flexibility index (Phi) is 12.2. The van der Waals surface area contributed by atoms with Crippen LogP contribution in [-0.2, 0) is 6.42 Å². The van der Waals surface area contributed by atoms with Crippen LogP contribution in [0, 0.1) is 0 Å². The normalized spacial score (nSPS) is 9.94. The quantitative estimate of drug-likeness (QED) is 0.545. The summed E-state index contributed by atoms with van der Waals surface area (Å²) in [5.41, 5.74) is 1.34. The van der Waals surface area contributed by atoms with Crippen molar-refractivity contribution in [2.75, 3.05) is 0 Å². The fourth-order valence-electron chi connectivity index (χ4n) is 1.95. The van der Waals surface area contributed by atoms with Crippen molar-refractivity contribution < 1.29 is 5.11 Å². The number of benzene rings is 1. The molecule has 1 rings (SSSR count). The van der Waals surface area contributed by atoms with E-state index < -0.39 is 0 Å². The Hall–Kier alpha value is 0.656. The summed E-state index contributed by atoms with van der Waals surface area (Å²) in [5.74, 6) is 0.364. The van der Waals surface area contributed by atoms with Crippen molar-refractivity contribution in [1.82, 2.24) is 0 Å². The molecule has 0 aliphatic heterocycles. The van der Waals surface area contributed by atoms with Gasteiger partial charge in [0.05, 0.1) is 0 Å². The van der Waals surface area contributed by atoms with Crippen molar-refractivity contribution in [3.63, 3.8) is 0 Å². The minimum atomic E-state index is 0. The van der Waals surface area contributed by atoms with Gasteiger partial charge in [-0.25, -0.2) is 0 Å². The van der Waals surface area contributed by atoms with Crippen LogP contribution in [0.2, 0.25) is 0 Å². The van der Waals surface area contributed by atoms with Crippen molar-refractivity contribution in [3.05, 3.63) is 29.8 Å². The van der Waals surface area contributed by atoms with Crippen LogP contribution in [0.15, 0.2) is 24.3 Å². The zero-order valence-corrected chi connectivity index (χ0v) is 14.5. The number of aromatic hydroxyl groups is 1. The first-order chi connectivity index (χ1) is 7.83. The molecule has 0 aromatic heterocycles. The van der Waals surface area contributed by atoms with Crippen LogP contribution in [0.1, 0.15) is 57.4 Å². The monoisotopic (exact) mass is 259 g/mol. The van der Waals surface area contributed by atoms with Gasteiger partial charge < -0.3 is 5.11 Å². The Morgan fingerprint density at radius 2 is 1.35 bits per heavy atom. The Balaban J connectivity index is 0.00000256. The van der Waals surface area contributed by atoms with Crippen LogP contribution in [-0.4, -0.2) is 56.5 Å². The molecule has 0 aliphatic rings. The third-order valence-electron chi connectivity index (χ3n) is 3.01. The average molecular weight is 259 g/mol. The van der Waals surface area contributed by atoms with Crippen molar-refractivity contribution in [1.29, 1.82) is 0 Å². The van der Waals surface area contributed by atoms with E-state index >= 15 is 0 Å². The molecule has 91 valence electrons. The van der Waals surface area contributed by atoms with Gasteiger partial charge in [0, 0.05) is 51.4 Å². The van der Waals surface area contributed by atoms with Crippen LogP contribution >= 0.6 is 0 Å². The Labute approximate surface area is 148 Å². The van der Waals surface area contributed by atoms with Crippen LogP contribution in [0.3, 0.4) is 0 Å². The summed E-state index contributed by atoms with van der Waals surface area (Å²) in [7, 11) is 0. The summed E-state index contributed by atoms with van der Waals surface area (Å²) < 4.78 is 0. The van der Waals surface area contributed by atoms with E-state index in [2.05, 4.69) is 6.92 Å². The van der Waals surface area contributed by atoms with Gasteiger partial charge in [-0.2, -0.15) is 0 Å². The molecule has 2 heteroatoms. The Morgan fingerprint density at radius 3 is 1.94 bits per heavy atom. The molecule has 0 saturated heterocycles. The molecule has 0 fully saturated rings. The zero-order chi connectivity index (χ0) is 11.6. The molecule has 0 unspecified atom stereocenters. The van der Waals surface area contributed by atoms with E-state index in [0.29, 0.717) is 5.75 Å². The molecule has 1 radical (unpaired) electrons. The maximum Gasteiger partial charge on any atom is 0.115 e. The summed E-state index contributed by atoms with van der Waals surface area (Å²) in [6.07, 6.45) is 10.6. The summed E-state index contributed by atoms with van der Waals surface area (Å²) in [6.45, 7) is 2.25. The fraction of sp³-hybridized carbons (Fsp3) is 0.600. The molecule has 1 aromatic carbocycles. The van der Waals surface area contributed by atoms with Gasteiger partial charge in [-0.3, -0.25) is 0 Å². The zero-order valence-electron chi connectivity index (χ0n) is 11.4. The third kappa shape index (κ3) is 9.26. The smallest absolute Gasteiger partial charge is 0.115 e. The number of aryl methyl sites for hydroxylation is 1. The van der Waals surface area contributed by atoms with Gasteiger partial charge >= 0.3 is 0 Å². The van der Waals surface area contributed by atoms with Crippen LogP contribution in [0.25, 0.3) is 0 Å². The number of unbranched alkanes of at least 4 members (excludes halogenated alkanes) is 6. The first-order valence-corrected chi connectivity index (χ1v) is 6.61. The molecule has 0 spiro atoms. The average Bonchev–Trinajstić information content (AvgIpc) is 2.30. The van der Waals surface area contributed by atoms with E-state index in [0.717, 1.165) is 6.42 Å². The predicted octanol–water partition coefficient (Wildman–Crippen LogP) is 4.30. The van der Waals surface area contributed by atoms with Gasteiger partial charge in [0.1, 0.15) is 5.75 Å². The Morgan fingerprint density at radius 1 is 0.824 bits per heavy atom. The van der Waals surface area contributed by atoms with Gasteiger partial charge in [0.15, 0.2) is 0 Å². The third-order valence-corrected chi connectivity index (χ3v) is 3.01. The van der Waals surface area contributed by atoms with Crippen LogP contribution in [0.5, 0.6) is 5.75 Å². The number of phenols is 1. The van der Waals surface area contributed by atoms with Gasteiger partial charge in [0.25, 0.3) is 0 Å². The molecule has 0 aliphatic carbocycles. The number of phenolic OH excluding ortho intramolecular Hbond substituents is 1. The van der Waals surface area contributed by atoms with E-state index in [9.17, 15) is 0 Å². The summed E-state index contributed by atoms with van der Waals surface area (Å²) in [4.78, 5) is 0. The minimum Gasteiger partial charge on any atom is -0.508 e. The molecule has 0 atom stereocenters. The maximum absolute atomic E-state index is 9.15. The van der Waals surface area contributed by atoms with E-state index in [1.165, 1.54) is 50.5 Å². The largest absolute Gasteiger partial charge is 0.508 e. The second kappa shape index (κ2) is 11.7. The molecule has 17 heavy (non-hydrogen) atoms. The van der Waals surface area contributed by atoms with Crippen LogP contribution in [0.4, 0.5) is 0 Å². The Bertz CT molecular complexity index is 269. The second-order valence-electron chi connectivity index (χ2n) is 4.54. The van der Waals surface area contributed by atoms with Crippen molar-refractivity contribution >= 4 is 51.4 Å². The van der Waals surface area contributed by atoms with Gasteiger partial charge in [-0.15, -0.1) is 0 Å². The first kappa shape index (κ1) is 17.7. The molecule has 1 nitrogen and oxygen atoms in total.